The minimum atomic E-state index is -0.956. The number of hydrazine groups is 1. The molecule has 2 rings (SSSR count). The van der Waals surface area contributed by atoms with E-state index in [1.54, 1.807) is 24.3 Å². The van der Waals surface area contributed by atoms with E-state index >= 15 is 0 Å². The summed E-state index contributed by atoms with van der Waals surface area (Å²) in [6, 6.07) is 16.4. The molecule has 2 aromatic carbocycles. The summed E-state index contributed by atoms with van der Waals surface area (Å²) >= 11 is 0. The van der Waals surface area contributed by atoms with Gasteiger partial charge < -0.3 is 10.2 Å². The molecule has 0 radical (unpaired) electrons. The maximum absolute atomic E-state index is 11.8. The largest absolute Gasteiger partial charge is 0.478 e. The fourth-order valence-corrected chi connectivity index (χ4v) is 2.76. The van der Waals surface area contributed by atoms with Gasteiger partial charge in [0.15, 0.2) is 0 Å². The Morgan fingerprint density at radius 2 is 1.70 bits per heavy atom. The van der Waals surface area contributed by atoms with Crippen molar-refractivity contribution in [2.45, 2.75) is 32.3 Å². The number of aliphatic hydroxyl groups excluding tert-OH is 1. The molecule has 0 saturated carbocycles. The zero-order chi connectivity index (χ0) is 19.6. The molecule has 6 heteroatoms. The SMILES string of the molecule is CC(=O)N(CCc1ccc(C(=O)O)cc1)NCCC(O)Cc1ccccc1. The van der Waals surface area contributed by atoms with E-state index in [4.69, 9.17) is 5.11 Å². The van der Waals surface area contributed by atoms with Gasteiger partial charge in [-0.25, -0.2) is 10.2 Å². The quantitative estimate of drug-likeness (QED) is 0.558. The lowest BCUT2D eigenvalue weighted by molar-refractivity contribution is -0.132. The van der Waals surface area contributed by atoms with Gasteiger partial charge in [-0.1, -0.05) is 42.5 Å². The first kappa shape index (κ1) is 20.6. The second kappa shape index (κ2) is 10.4. The van der Waals surface area contributed by atoms with Crippen LogP contribution in [0.2, 0.25) is 0 Å². The number of carboxylic acids is 1. The Bertz CT molecular complexity index is 732. The monoisotopic (exact) mass is 370 g/mol. The minimum absolute atomic E-state index is 0.102. The summed E-state index contributed by atoms with van der Waals surface area (Å²) in [5.74, 6) is -1.06. The van der Waals surface area contributed by atoms with Gasteiger partial charge in [-0.2, -0.15) is 0 Å². The van der Waals surface area contributed by atoms with Crippen LogP contribution in [0.4, 0.5) is 0 Å². The number of aliphatic hydroxyl groups is 1. The van der Waals surface area contributed by atoms with Gasteiger partial charge >= 0.3 is 5.97 Å². The number of aromatic carboxylic acids is 1. The van der Waals surface area contributed by atoms with E-state index in [-0.39, 0.29) is 11.5 Å². The van der Waals surface area contributed by atoms with Crippen LogP contribution in [0.5, 0.6) is 0 Å². The molecule has 27 heavy (non-hydrogen) atoms. The molecule has 0 aliphatic rings. The molecule has 0 aliphatic carbocycles. The third kappa shape index (κ3) is 7.21. The van der Waals surface area contributed by atoms with Crippen molar-refractivity contribution in [3.63, 3.8) is 0 Å². The third-order valence-corrected chi connectivity index (χ3v) is 4.30. The summed E-state index contributed by atoms with van der Waals surface area (Å²) in [5, 5.41) is 20.6. The summed E-state index contributed by atoms with van der Waals surface area (Å²) in [6.45, 7) is 2.45. The van der Waals surface area contributed by atoms with Crippen LogP contribution in [0.1, 0.15) is 34.8 Å². The van der Waals surface area contributed by atoms with Crippen molar-refractivity contribution < 1.29 is 19.8 Å². The number of benzene rings is 2. The molecule has 144 valence electrons. The second-order valence-corrected chi connectivity index (χ2v) is 6.46. The average Bonchev–Trinajstić information content (AvgIpc) is 2.65. The van der Waals surface area contributed by atoms with Crippen molar-refractivity contribution in [2.75, 3.05) is 13.1 Å². The molecule has 0 aliphatic heterocycles. The zero-order valence-electron chi connectivity index (χ0n) is 15.5. The highest BCUT2D eigenvalue weighted by Crippen LogP contribution is 2.07. The van der Waals surface area contributed by atoms with E-state index in [1.807, 2.05) is 30.3 Å². The Morgan fingerprint density at radius 1 is 1.04 bits per heavy atom. The Balaban J connectivity index is 1.76. The first-order valence-corrected chi connectivity index (χ1v) is 9.01. The van der Waals surface area contributed by atoms with E-state index in [9.17, 15) is 14.7 Å². The molecule has 0 saturated heterocycles. The number of amides is 1. The highest BCUT2D eigenvalue weighted by Gasteiger charge is 2.11. The molecule has 2 aromatic rings. The summed E-state index contributed by atoms with van der Waals surface area (Å²) in [6.07, 6.45) is 1.25. The van der Waals surface area contributed by atoms with Gasteiger partial charge in [0.25, 0.3) is 0 Å². The number of carbonyl (C=O) groups excluding carboxylic acids is 1. The smallest absolute Gasteiger partial charge is 0.335 e. The van der Waals surface area contributed by atoms with Crippen LogP contribution in [-0.4, -0.2) is 46.3 Å². The van der Waals surface area contributed by atoms with E-state index in [2.05, 4.69) is 5.43 Å². The Hall–Kier alpha value is -2.70. The fourth-order valence-electron chi connectivity index (χ4n) is 2.76. The molecule has 0 bridgehead atoms. The second-order valence-electron chi connectivity index (χ2n) is 6.46. The standard InChI is InChI=1S/C21H26N2O4/c1-16(24)23(14-12-17-7-9-19(10-8-17)21(26)27)22-13-11-20(25)15-18-5-3-2-4-6-18/h2-10,20,22,25H,11-15H2,1H3,(H,26,27). The van der Waals surface area contributed by atoms with Gasteiger partial charge in [-0.05, 0) is 42.5 Å². The number of nitrogens with one attached hydrogen (secondary N) is 1. The molecule has 1 amide bonds. The van der Waals surface area contributed by atoms with Gasteiger partial charge in [0.2, 0.25) is 5.91 Å². The van der Waals surface area contributed by atoms with Crippen molar-refractivity contribution >= 4 is 11.9 Å². The van der Waals surface area contributed by atoms with Crippen LogP contribution in [-0.2, 0) is 17.6 Å². The average molecular weight is 370 g/mol. The topological polar surface area (TPSA) is 89.9 Å². The number of hydrogen-bond acceptors (Lipinski definition) is 4. The van der Waals surface area contributed by atoms with Gasteiger partial charge in [0, 0.05) is 20.0 Å². The van der Waals surface area contributed by atoms with Gasteiger partial charge in [-0.15, -0.1) is 0 Å². The van der Waals surface area contributed by atoms with E-state index in [1.165, 1.54) is 11.9 Å². The van der Waals surface area contributed by atoms with Crippen LogP contribution in [0.15, 0.2) is 54.6 Å². The first-order chi connectivity index (χ1) is 13.0. The Kier molecular flexibility index (Phi) is 7.98. The highest BCUT2D eigenvalue weighted by molar-refractivity contribution is 5.87. The Morgan fingerprint density at radius 3 is 2.30 bits per heavy atom. The molecule has 1 atom stereocenters. The lowest BCUT2D eigenvalue weighted by Gasteiger charge is -2.23. The van der Waals surface area contributed by atoms with Gasteiger partial charge in [-0.3, -0.25) is 9.80 Å². The van der Waals surface area contributed by atoms with Gasteiger partial charge in [0.1, 0.15) is 0 Å². The predicted octanol–water partition coefficient (Wildman–Crippen LogP) is 2.27. The van der Waals surface area contributed by atoms with Crippen LogP contribution >= 0.6 is 0 Å². The lowest BCUT2D eigenvalue weighted by atomic mass is 10.1. The third-order valence-electron chi connectivity index (χ3n) is 4.30. The van der Waals surface area contributed by atoms with E-state index < -0.39 is 12.1 Å². The van der Waals surface area contributed by atoms with E-state index in [0.717, 1.165) is 11.1 Å². The highest BCUT2D eigenvalue weighted by atomic mass is 16.4. The molecule has 0 heterocycles. The zero-order valence-corrected chi connectivity index (χ0v) is 15.5. The normalized spacial score (nSPS) is 11.8. The summed E-state index contributed by atoms with van der Waals surface area (Å²) in [7, 11) is 0. The minimum Gasteiger partial charge on any atom is -0.478 e. The Labute approximate surface area is 159 Å². The van der Waals surface area contributed by atoms with Crippen LogP contribution in [0.3, 0.4) is 0 Å². The molecule has 3 N–H and O–H groups in total. The van der Waals surface area contributed by atoms with Crippen molar-refractivity contribution in [3.8, 4) is 0 Å². The first-order valence-electron chi connectivity index (χ1n) is 9.01. The lowest BCUT2D eigenvalue weighted by Crippen LogP contribution is -2.44. The van der Waals surface area contributed by atoms with Crippen molar-refractivity contribution in [2.24, 2.45) is 0 Å². The molecular formula is C21H26N2O4. The summed E-state index contributed by atoms with van der Waals surface area (Å²) in [5.41, 5.74) is 5.35. The van der Waals surface area contributed by atoms with E-state index in [0.29, 0.717) is 32.4 Å². The van der Waals surface area contributed by atoms with Crippen molar-refractivity contribution in [1.82, 2.24) is 10.4 Å². The van der Waals surface area contributed by atoms with Gasteiger partial charge in [0.05, 0.1) is 11.7 Å². The molecular weight excluding hydrogens is 344 g/mol. The van der Waals surface area contributed by atoms with Crippen LogP contribution in [0.25, 0.3) is 0 Å². The number of hydrogen-bond donors (Lipinski definition) is 3. The number of carboxylic acid groups (broad SMARTS) is 1. The molecule has 0 aromatic heterocycles. The van der Waals surface area contributed by atoms with Crippen LogP contribution < -0.4 is 5.43 Å². The van der Waals surface area contributed by atoms with Crippen molar-refractivity contribution in [3.05, 3.63) is 71.3 Å². The maximum Gasteiger partial charge on any atom is 0.335 e. The maximum atomic E-state index is 11.8. The molecule has 0 fully saturated rings. The number of nitrogens with zero attached hydrogens (tertiary/aromatic N) is 1. The molecule has 0 spiro atoms. The summed E-state index contributed by atoms with van der Waals surface area (Å²) in [4.78, 5) is 22.7. The number of rotatable bonds is 10. The molecule has 1 unspecified atom stereocenters. The summed E-state index contributed by atoms with van der Waals surface area (Å²) < 4.78 is 0. The predicted molar refractivity (Wildman–Crippen MR) is 103 cm³/mol. The number of carbonyl (C=O) groups is 2. The molecule has 6 nitrogen and oxygen atoms in total. The van der Waals surface area contributed by atoms with Crippen LogP contribution in [0, 0.1) is 0 Å². The fraction of sp³-hybridized carbons (Fsp3) is 0.333. The van der Waals surface area contributed by atoms with Crippen molar-refractivity contribution in [1.29, 1.82) is 0 Å².